The van der Waals surface area contributed by atoms with Gasteiger partial charge in [0.15, 0.2) is 0 Å². The standard InChI is InChI=1S/C13H19ClN2O2/c1-3-5-6-13(4-2,12(17)18)7-10-8-16-11(14)9-15-10/h8-9H,3-7H2,1-2H3,(H,17,18). The highest BCUT2D eigenvalue weighted by Gasteiger charge is 2.36. The van der Waals surface area contributed by atoms with Crippen molar-refractivity contribution in [2.45, 2.75) is 46.0 Å². The van der Waals surface area contributed by atoms with Crippen LogP contribution in [0.25, 0.3) is 0 Å². The predicted octanol–water partition coefficient (Wildman–Crippen LogP) is 3.34. The number of carboxylic acid groups (broad SMARTS) is 1. The highest BCUT2D eigenvalue weighted by molar-refractivity contribution is 6.29. The van der Waals surface area contributed by atoms with E-state index in [4.69, 9.17) is 11.6 Å². The lowest BCUT2D eigenvalue weighted by atomic mass is 9.76. The van der Waals surface area contributed by atoms with E-state index < -0.39 is 11.4 Å². The molecule has 1 unspecified atom stereocenters. The zero-order valence-electron chi connectivity index (χ0n) is 10.8. The van der Waals surface area contributed by atoms with Crippen molar-refractivity contribution in [3.05, 3.63) is 23.2 Å². The molecular weight excluding hydrogens is 252 g/mol. The molecular formula is C13H19ClN2O2. The van der Waals surface area contributed by atoms with Crippen molar-refractivity contribution >= 4 is 17.6 Å². The van der Waals surface area contributed by atoms with E-state index in [1.165, 1.54) is 6.20 Å². The first-order valence-corrected chi connectivity index (χ1v) is 6.61. The van der Waals surface area contributed by atoms with E-state index in [1.54, 1.807) is 6.20 Å². The van der Waals surface area contributed by atoms with Crippen molar-refractivity contribution < 1.29 is 9.90 Å². The monoisotopic (exact) mass is 270 g/mol. The van der Waals surface area contributed by atoms with Gasteiger partial charge in [0.1, 0.15) is 5.15 Å². The van der Waals surface area contributed by atoms with Gasteiger partial charge in [-0.25, -0.2) is 4.98 Å². The summed E-state index contributed by atoms with van der Waals surface area (Å²) in [5.41, 5.74) is -0.0573. The normalized spacial score (nSPS) is 14.2. The Morgan fingerprint density at radius 3 is 2.56 bits per heavy atom. The minimum Gasteiger partial charge on any atom is -0.481 e. The summed E-state index contributed by atoms with van der Waals surface area (Å²) in [6, 6.07) is 0. The van der Waals surface area contributed by atoms with Crippen molar-refractivity contribution in [2.24, 2.45) is 5.41 Å². The number of hydrogen-bond acceptors (Lipinski definition) is 3. The van der Waals surface area contributed by atoms with Crippen LogP contribution in [0.15, 0.2) is 12.4 Å². The number of nitrogens with zero attached hydrogens (tertiary/aromatic N) is 2. The second-order valence-electron chi connectivity index (χ2n) is 4.55. The van der Waals surface area contributed by atoms with E-state index in [0.29, 0.717) is 30.1 Å². The van der Waals surface area contributed by atoms with Gasteiger partial charge in [-0.15, -0.1) is 0 Å². The van der Waals surface area contributed by atoms with Crippen LogP contribution in [-0.4, -0.2) is 21.0 Å². The van der Waals surface area contributed by atoms with Gasteiger partial charge in [0.25, 0.3) is 0 Å². The van der Waals surface area contributed by atoms with Crippen molar-refractivity contribution in [1.29, 1.82) is 0 Å². The molecule has 0 saturated heterocycles. The number of carbonyl (C=O) groups is 1. The molecule has 0 aliphatic heterocycles. The quantitative estimate of drug-likeness (QED) is 0.825. The molecule has 0 bridgehead atoms. The molecule has 1 aromatic rings. The van der Waals surface area contributed by atoms with Crippen molar-refractivity contribution in [3.63, 3.8) is 0 Å². The Bertz CT molecular complexity index is 394. The Morgan fingerprint density at radius 1 is 1.39 bits per heavy atom. The van der Waals surface area contributed by atoms with E-state index in [0.717, 1.165) is 12.8 Å². The van der Waals surface area contributed by atoms with E-state index in [2.05, 4.69) is 16.9 Å². The number of hydrogen-bond donors (Lipinski definition) is 1. The predicted molar refractivity (Wildman–Crippen MR) is 70.6 cm³/mol. The molecule has 0 aromatic carbocycles. The van der Waals surface area contributed by atoms with Crippen LogP contribution in [0.4, 0.5) is 0 Å². The molecule has 18 heavy (non-hydrogen) atoms. The van der Waals surface area contributed by atoms with Crippen LogP contribution in [0.2, 0.25) is 5.15 Å². The number of rotatable bonds is 7. The molecule has 1 heterocycles. The Balaban J connectivity index is 2.89. The summed E-state index contributed by atoms with van der Waals surface area (Å²) in [4.78, 5) is 19.6. The summed E-state index contributed by atoms with van der Waals surface area (Å²) >= 11 is 5.67. The van der Waals surface area contributed by atoms with Crippen LogP contribution in [0.5, 0.6) is 0 Å². The Labute approximate surface area is 112 Å². The lowest BCUT2D eigenvalue weighted by Gasteiger charge is -2.27. The van der Waals surface area contributed by atoms with Gasteiger partial charge in [-0.05, 0) is 12.8 Å². The molecule has 1 atom stereocenters. The Kier molecular flexibility index (Phi) is 5.54. The molecule has 0 aliphatic rings. The average Bonchev–Trinajstić information content (AvgIpc) is 2.36. The minimum atomic E-state index is -0.754. The zero-order valence-corrected chi connectivity index (χ0v) is 11.6. The van der Waals surface area contributed by atoms with Crippen LogP contribution in [0.3, 0.4) is 0 Å². The maximum Gasteiger partial charge on any atom is 0.310 e. The maximum atomic E-state index is 11.6. The Morgan fingerprint density at radius 2 is 2.11 bits per heavy atom. The van der Waals surface area contributed by atoms with E-state index >= 15 is 0 Å². The zero-order chi connectivity index (χ0) is 13.6. The van der Waals surface area contributed by atoms with Gasteiger partial charge in [-0.1, -0.05) is 38.3 Å². The van der Waals surface area contributed by atoms with Gasteiger partial charge >= 0.3 is 5.97 Å². The maximum absolute atomic E-state index is 11.6. The first-order valence-electron chi connectivity index (χ1n) is 6.24. The van der Waals surface area contributed by atoms with Crippen molar-refractivity contribution in [1.82, 2.24) is 9.97 Å². The molecule has 0 fully saturated rings. The fourth-order valence-corrected chi connectivity index (χ4v) is 2.11. The molecule has 0 aliphatic carbocycles. The van der Waals surface area contributed by atoms with Crippen LogP contribution in [0.1, 0.15) is 45.2 Å². The summed E-state index contributed by atoms with van der Waals surface area (Å²) in [5, 5.41) is 9.82. The average molecular weight is 271 g/mol. The highest BCUT2D eigenvalue weighted by atomic mass is 35.5. The summed E-state index contributed by atoms with van der Waals surface area (Å²) < 4.78 is 0. The molecule has 0 spiro atoms. The van der Waals surface area contributed by atoms with Crippen LogP contribution in [-0.2, 0) is 11.2 Å². The molecule has 0 saturated carbocycles. The lowest BCUT2D eigenvalue weighted by Crippen LogP contribution is -2.33. The van der Waals surface area contributed by atoms with E-state index in [9.17, 15) is 9.90 Å². The molecule has 4 nitrogen and oxygen atoms in total. The van der Waals surface area contributed by atoms with Gasteiger partial charge in [0.05, 0.1) is 23.5 Å². The summed E-state index contributed by atoms with van der Waals surface area (Å²) in [6.45, 7) is 3.97. The van der Waals surface area contributed by atoms with Gasteiger partial charge in [0, 0.05) is 6.42 Å². The fraction of sp³-hybridized carbons (Fsp3) is 0.615. The molecule has 1 aromatic heterocycles. The first kappa shape index (κ1) is 14.9. The van der Waals surface area contributed by atoms with Gasteiger partial charge < -0.3 is 5.11 Å². The van der Waals surface area contributed by atoms with E-state index in [1.807, 2.05) is 6.92 Å². The van der Waals surface area contributed by atoms with Gasteiger partial charge in [-0.2, -0.15) is 0 Å². The lowest BCUT2D eigenvalue weighted by molar-refractivity contribution is -0.149. The second-order valence-corrected chi connectivity index (χ2v) is 4.94. The topological polar surface area (TPSA) is 63.1 Å². The summed E-state index contributed by atoms with van der Waals surface area (Å²) in [5.74, 6) is -0.754. The number of carboxylic acids is 1. The summed E-state index contributed by atoms with van der Waals surface area (Å²) in [6.07, 6.45) is 6.57. The van der Waals surface area contributed by atoms with Crippen molar-refractivity contribution in [2.75, 3.05) is 0 Å². The Hall–Kier alpha value is -1.16. The van der Waals surface area contributed by atoms with Crippen LogP contribution in [0, 0.1) is 5.41 Å². The number of halogens is 1. The van der Waals surface area contributed by atoms with Crippen LogP contribution < -0.4 is 0 Å². The number of aromatic nitrogens is 2. The molecule has 100 valence electrons. The van der Waals surface area contributed by atoms with E-state index in [-0.39, 0.29) is 0 Å². The molecule has 1 N–H and O–H groups in total. The number of aliphatic carboxylic acids is 1. The highest BCUT2D eigenvalue weighted by Crippen LogP contribution is 2.33. The SMILES string of the molecule is CCCCC(CC)(Cc1cnc(Cl)cn1)C(=O)O. The third kappa shape index (κ3) is 3.67. The largest absolute Gasteiger partial charge is 0.481 e. The number of unbranched alkanes of at least 4 members (excludes halogenated alkanes) is 1. The molecule has 1 rings (SSSR count). The molecule has 0 radical (unpaired) electrons. The summed E-state index contributed by atoms with van der Waals surface area (Å²) in [7, 11) is 0. The first-order chi connectivity index (χ1) is 8.54. The smallest absolute Gasteiger partial charge is 0.310 e. The van der Waals surface area contributed by atoms with Gasteiger partial charge in [0.2, 0.25) is 0 Å². The van der Waals surface area contributed by atoms with Crippen molar-refractivity contribution in [3.8, 4) is 0 Å². The van der Waals surface area contributed by atoms with Gasteiger partial charge in [-0.3, -0.25) is 9.78 Å². The third-order valence-electron chi connectivity index (χ3n) is 3.33. The third-order valence-corrected chi connectivity index (χ3v) is 3.53. The molecule has 5 heteroatoms. The minimum absolute atomic E-state index is 0.324. The fourth-order valence-electron chi connectivity index (χ4n) is 2.02. The van der Waals surface area contributed by atoms with Crippen LogP contribution >= 0.6 is 11.6 Å². The second kappa shape index (κ2) is 6.69. The molecule has 0 amide bonds.